The summed E-state index contributed by atoms with van der Waals surface area (Å²) < 4.78 is 0.922. The Bertz CT molecular complexity index is 652. The summed E-state index contributed by atoms with van der Waals surface area (Å²) >= 11 is 9.74. The SMILES string of the molecule is Cc1ccc(C(N)=S)cc1NC(=O)c1csc(Br)c1. The van der Waals surface area contributed by atoms with E-state index in [1.54, 1.807) is 17.5 Å². The van der Waals surface area contributed by atoms with Crippen molar-refractivity contribution in [2.75, 3.05) is 5.32 Å². The topological polar surface area (TPSA) is 55.1 Å². The third kappa shape index (κ3) is 3.40. The van der Waals surface area contributed by atoms with Crippen LogP contribution in [0.25, 0.3) is 0 Å². The van der Waals surface area contributed by atoms with Crippen molar-refractivity contribution in [1.29, 1.82) is 0 Å². The predicted molar refractivity (Wildman–Crippen MR) is 87.0 cm³/mol. The van der Waals surface area contributed by atoms with Gasteiger partial charge >= 0.3 is 0 Å². The molecular formula is C13H11BrN2OS2. The standard InChI is InChI=1S/C13H11BrN2OS2/c1-7-2-3-8(12(15)18)4-10(7)16-13(17)9-5-11(14)19-6-9/h2-6H,1H3,(H2,15,18)(H,16,17). The van der Waals surface area contributed by atoms with Crippen molar-refractivity contribution in [3.8, 4) is 0 Å². The summed E-state index contributed by atoms with van der Waals surface area (Å²) in [6.07, 6.45) is 0. The molecule has 0 saturated carbocycles. The van der Waals surface area contributed by atoms with Gasteiger partial charge in [-0.05, 0) is 40.5 Å². The lowest BCUT2D eigenvalue weighted by Gasteiger charge is -2.09. The molecule has 0 unspecified atom stereocenters. The van der Waals surface area contributed by atoms with E-state index in [4.69, 9.17) is 18.0 Å². The summed E-state index contributed by atoms with van der Waals surface area (Å²) in [6, 6.07) is 7.30. The lowest BCUT2D eigenvalue weighted by Crippen LogP contribution is -2.14. The smallest absolute Gasteiger partial charge is 0.256 e. The van der Waals surface area contributed by atoms with Crippen LogP contribution >= 0.6 is 39.5 Å². The van der Waals surface area contributed by atoms with Crippen LogP contribution in [0.2, 0.25) is 0 Å². The number of benzene rings is 1. The zero-order valence-corrected chi connectivity index (χ0v) is 13.3. The van der Waals surface area contributed by atoms with Crippen LogP contribution in [0.15, 0.2) is 33.4 Å². The number of halogens is 1. The first-order valence-electron chi connectivity index (χ1n) is 5.43. The third-order valence-electron chi connectivity index (χ3n) is 2.60. The number of hydrogen-bond donors (Lipinski definition) is 2. The van der Waals surface area contributed by atoms with Gasteiger partial charge in [-0.3, -0.25) is 4.79 Å². The van der Waals surface area contributed by atoms with Crippen molar-refractivity contribution < 1.29 is 4.79 Å². The number of carbonyl (C=O) groups excluding carboxylic acids is 1. The van der Waals surface area contributed by atoms with Gasteiger partial charge in [-0.2, -0.15) is 0 Å². The second-order valence-electron chi connectivity index (χ2n) is 3.99. The number of nitrogens with one attached hydrogen (secondary N) is 1. The van der Waals surface area contributed by atoms with Crippen LogP contribution in [0, 0.1) is 6.92 Å². The van der Waals surface area contributed by atoms with Gasteiger partial charge < -0.3 is 11.1 Å². The van der Waals surface area contributed by atoms with E-state index in [0.29, 0.717) is 10.6 Å². The van der Waals surface area contributed by atoms with E-state index in [1.165, 1.54) is 11.3 Å². The number of carbonyl (C=O) groups is 1. The highest BCUT2D eigenvalue weighted by atomic mass is 79.9. The van der Waals surface area contributed by atoms with Crippen molar-refractivity contribution in [1.82, 2.24) is 0 Å². The van der Waals surface area contributed by atoms with E-state index in [0.717, 1.165) is 20.6 Å². The molecule has 0 aliphatic rings. The Morgan fingerprint density at radius 1 is 1.37 bits per heavy atom. The molecule has 0 aliphatic heterocycles. The van der Waals surface area contributed by atoms with Gasteiger partial charge in [0.2, 0.25) is 0 Å². The Kier molecular flexibility index (Phi) is 4.34. The Morgan fingerprint density at radius 3 is 2.68 bits per heavy atom. The fourth-order valence-corrected chi connectivity index (χ4v) is 2.80. The van der Waals surface area contributed by atoms with Crippen molar-refractivity contribution in [3.05, 3.63) is 50.1 Å². The van der Waals surface area contributed by atoms with E-state index in [2.05, 4.69) is 21.2 Å². The van der Waals surface area contributed by atoms with E-state index >= 15 is 0 Å². The average molecular weight is 355 g/mol. The zero-order chi connectivity index (χ0) is 14.0. The molecule has 0 fully saturated rings. The molecule has 3 N–H and O–H groups in total. The minimum atomic E-state index is -0.148. The largest absolute Gasteiger partial charge is 0.389 e. The summed E-state index contributed by atoms with van der Waals surface area (Å²) in [4.78, 5) is 12.4. The highest BCUT2D eigenvalue weighted by molar-refractivity contribution is 9.11. The number of rotatable bonds is 3. The van der Waals surface area contributed by atoms with Gasteiger partial charge in [0.1, 0.15) is 4.99 Å². The first kappa shape index (κ1) is 14.2. The maximum atomic E-state index is 12.1. The number of thiocarbonyl (C=S) groups is 1. The third-order valence-corrected chi connectivity index (χ3v) is 4.34. The van der Waals surface area contributed by atoms with Crippen molar-refractivity contribution >= 4 is 56.1 Å². The molecule has 0 spiro atoms. The van der Waals surface area contributed by atoms with Gasteiger partial charge in [-0.1, -0.05) is 24.4 Å². The molecular weight excluding hydrogens is 344 g/mol. The molecule has 1 amide bonds. The molecule has 6 heteroatoms. The fraction of sp³-hybridized carbons (Fsp3) is 0.0769. The maximum absolute atomic E-state index is 12.1. The molecule has 1 aromatic heterocycles. The summed E-state index contributed by atoms with van der Waals surface area (Å²) in [6.45, 7) is 1.92. The molecule has 0 radical (unpaired) electrons. The quantitative estimate of drug-likeness (QED) is 0.826. The predicted octanol–water partition coefficient (Wildman–Crippen LogP) is 3.71. The number of nitrogens with two attached hydrogens (primary N) is 1. The van der Waals surface area contributed by atoms with E-state index in [1.807, 2.05) is 19.1 Å². The van der Waals surface area contributed by atoms with Gasteiger partial charge in [0.25, 0.3) is 5.91 Å². The molecule has 1 aromatic carbocycles. The van der Waals surface area contributed by atoms with Crippen LogP contribution in [0.4, 0.5) is 5.69 Å². The monoisotopic (exact) mass is 354 g/mol. The fourth-order valence-electron chi connectivity index (χ4n) is 1.53. The van der Waals surface area contributed by atoms with Crippen LogP contribution in [0.5, 0.6) is 0 Å². The van der Waals surface area contributed by atoms with Crippen LogP contribution < -0.4 is 11.1 Å². The molecule has 19 heavy (non-hydrogen) atoms. The molecule has 3 nitrogen and oxygen atoms in total. The summed E-state index contributed by atoms with van der Waals surface area (Å²) in [5, 5.41) is 4.66. The first-order valence-corrected chi connectivity index (χ1v) is 7.51. The van der Waals surface area contributed by atoms with Crippen molar-refractivity contribution in [2.45, 2.75) is 6.92 Å². The summed E-state index contributed by atoms with van der Waals surface area (Å²) in [5.74, 6) is -0.148. The van der Waals surface area contributed by atoms with Crippen molar-refractivity contribution in [3.63, 3.8) is 0 Å². The maximum Gasteiger partial charge on any atom is 0.256 e. The summed E-state index contributed by atoms with van der Waals surface area (Å²) in [5.41, 5.74) is 8.63. The van der Waals surface area contributed by atoms with Crippen LogP contribution in [-0.4, -0.2) is 10.9 Å². The molecule has 1 heterocycles. The van der Waals surface area contributed by atoms with Crippen molar-refractivity contribution in [2.24, 2.45) is 5.73 Å². The van der Waals surface area contributed by atoms with Gasteiger partial charge in [0.15, 0.2) is 0 Å². The Morgan fingerprint density at radius 2 is 2.11 bits per heavy atom. The normalized spacial score (nSPS) is 10.2. The number of hydrogen-bond acceptors (Lipinski definition) is 3. The molecule has 0 aliphatic carbocycles. The minimum Gasteiger partial charge on any atom is -0.389 e. The Labute approximate surface area is 129 Å². The number of amides is 1. The number of aryl methyl sites for hydroxylation is 1. The molecule has 0 atom stereocenters. The van der Waals surface area contributed by atoms with Gasteiger partial charge in [0, 0.05) is 16.6 Å². The highest BCUT2D eigenvalue weighted by Gasteiger charge is 2.10. The van der Waals surface area contributed by atoms with E-state index in [-0.39, 0.29) is 5.91 Å². The summed E-state index contributed by atoms with van der Waals surface area (Å²) in [7, 11) is 0. The van der Waals surface area contributed by atoms with Gasteiger partial charge in [-0.15, -0.1) is 11.3 Å². The Balaban J connectivity index is 2.25. The van der Waals surface area contributed by atoms with Gasteiger partial charge in [-0.25, -0.2) is 0 Å². The van der Waals surface area contributed by atoms with Gasteiger partial charge in [0.05, 0.1) is 9.35 Å². The van der Waals surface area contributed by atoms with Crippen LogP contribution in [-0.2, 0) is 0 Å². The second kappa shape index (κ2) is 5.81. The lowest BCUT2D eigenvalue weighted by molar-refractivity contribution is 0.102. The average Bonchev–Trinajstić information content (AvgIpc) is 2.78. The Hall–Kier alpha value is -1.24. The number of thiophene rings is 1. The van der Waals surface area contributed by atoms with Crippen LogP contribution in [0.3, 0.4) is 0 Å². The van der Waals surface area contributed by atoms with Crippen LogP contribution in [0.1, 0.15) is 21.5 Å². The molecule has 2 rings (SSSR count). The molecule has 0 bridgehead atoms. The highest BCUT2D eigenvalue weighted by Crippen LogP contribution is 2.23. The minimum absolute atomic E-state index is 0.148. The van der Waals surface area contributed by atoms with E-state index < -0.39 is 0 Å². The second-order valence-corrected chi connectivity index (χ2v) is 6.72. The number of anilines is 1. The van der Waals surface area contributed by atoms with E-state index in [9.17, 15) is 4.79 Å². The molecule has 0 saturated heterocycles. The lowest BCUT2D eigenvalue weighted by atomic mass is 10.1. The zero-order valence-electron chi connectivity index (χ0n) is 10.1. The molecule has 98 valence electrons. The first-order chi connectivity index (χ1) is 8.97. The molecule has 2 aromatic rings.